The Balaban J connectivity index is 1.27. The minimum absolute atomic E-state index is 0.0713. The number of pyridine rings is 1. The summed E-state index contributed by atoms with van der Waals surface area (Å²) in [5.74, 6) is -0.834. The molecule has 1 atom stereocenters. The number of rotatable bonds is 5. The summed E-state index contributed by atoms with van der Waals surface area (Å²) in [5.41, 5.74) is 6.66. The van der Waals surface area contributed by atoms with Crippen LogP contribution in [0.2, 0.25) is 0 Å². The monoisotopic (exact) mass is 525 g/mol. The van der Waals surface area contributed by atoms with Crippen molar-refractivity contribution in [2.75, 3.05) is 18.4 Å². The van der Waals surface area contributed by atoms with Gasteiger partial charge in [0, 0.05) is 60.1 Å². The van der Waals surface area contributed by atoms with Crippen LogP contribution in [0.4, 0.5) is 15.8 Å². The molecule has 0 saturated carbocycles. The SMILES string of the molecule is CC(=O)N[C@H]1CCN(C(=O)c2ccc(-c3ccc4nccc(Nc5ccc6scnc6c5)c4c3)c(F)c2)C1. The van der Waals surface area contributed by atoms with Crippen molar-refractivity contribution < 1.29 is 14.0 Å². The number of hydrogen-bond donors (Lipinski definition) is 2. The van der Waals surface area contributed by atoms with Crippen LogP contribution >= 0.6 is 11.3 Å². The minimum atomic E-state index is -0.472. The van der Waals surface area contributed by atoms with E-state index in [4.69, 9.17) is 0 Å². The number of benzene rings is 3. The fourth-order valence-electron chi connectivity index (χ4n) is 4.93. The van der Waals surface area contributed by atoms with Crippen LogP contribution in [0.15, 0.2) is 72.4 Å². The Morgan fingerprint density at radius 3 is 2.76 bits per heavy atom. The first-order chi connectivity index (χ1) is 18.4. The molecule has 6 rings (SSSR count). The predicted molar refractivity (Wildman–Crippen MR) is 148 cm³/mol. The Hall–Kier alpha value is -4.37. The van der Waals surface area contributed by atoms with E-state index in [2.05, 4.69) is 20.6 Å². The smallest absolute Gasteiger partial charge is 0.254 e. The van der Waals surface area contributed by atoms with Gasteiger partial charge >= 0.3 is 0 Å². The largest absolute Gasteiger partial charge is 0.355 e. The highest BCUT2D eigenvalue weighted by molar-refractivity contribution is 7.16. The zero-order valence-corrected chi connectivity index (χ0v) is 21.4. The Bertz CT molecular complexity index is 1700. The van der Waals surface area contributed by atoms with Gasteiger partial charge in [0.15, 0.2) is 0 Å². The van der Waals surface area contributed by atoms with Crippen LogP contribution in [-0.2, 0) is 4.79 Å². The maximum atomic E-state index is 15.3. The number of thiazole rings is 1. The predicted octanol–water partition coefficient (Wildman–Crippen LogP) is 5.74. The van der Waals surface area contributed by atoms with E-state index >= 15 is 4.39 Å². The summed E-state index contributed by atoms with van der Waals surface area (Å²) in [7, 11) is 0. The Morgan fingerprint density at radius 2 is 1.92 bits per heavy atom. The average molecular weight is 526 g/mol. The lowest BCUT2D eigenvalue weighted by molar-refractivity contribution is -0.119. The van der Waals surface area contributed by atoms with Crippen LogP contribution in [0, 0.1) is 5.82 Å². The third-order valence-corrected chi connectivity index (χ3v) is 7.57. The standard InChI is InChI=1S/C29H24FN5O2S/c1-17(36)33-21-9-11-35(15-21)29(37)19-2-5-22(24(30)13-19)18-3-6-25-23(12-18)26(8-10-31-25)34-20-4-7-28-27(14-20)32-16-38-28/h2-8,10,12-14,16,21H,9,11,15H2,1H3,(H,31,34)(H,33,36)/t21-/m0/s1. The lowest BCUT2D eigenvalue weighted by atomic mass is 10.00. The number of likely N-dealkylation sites (tertiary alicyclic amines) is 1. The van der Waals surface area contributed by atoms with Gasteiger partial charge in [0.05, 0.1) is 21.2 Å². The number of amides is 2. The molecule has 0 spiro atoms. The molecule has 38 heavy (non-hydrogen) atoms. The third kappa shape index (κ3) is 4.68. The van der Waals surface area contributed by atoms with Gasteiger partial charge in [0.2, 0.25) is 5.91 Å². The molecule has 3 heterocycles. The van der Waals surface area contributed by atoms with E-state index in [0.29, 0.717) is 30.6 Å². The van der Waals surface area contributed by atoms with Crippen molar-refractivity contribution in [3.05, 3.63) is 83.8 Å². The van der Waals surface area contributed by atoms with E-state index in [1.54, 1.807) is 34.6 Å². The summed E-state index contributed by atoms with van der Waals surface area (Å²) in [6.45, 7) is 2.41. The van der Waals surface area contributed by atoms with Gasteiger partial charge in [-0.3, -0.25) is 14.6 Å². The summed E-state index contributed by atoms with van der Waals surface area (Å²) < 4.78 is 16.4. The molecule has 9 heteroatoms. The van der Waals surface area contributed by atoms with Gasteiger partial charge in [-0.15, -0.1) is 11.3 Å². The van der Waals surface area contributed by atoms with Gasteiger partial charge in [-0.25, -0.2) is 9.37 Å². The topological polar surface area (TPSA) is 87.2 Å². The molecule has 1 aliphatic heterocycles. The number of carbonyl (C=O) groups is 2. The average Bonchev–Trinajstić information content (AvgIpc) is 3.57. The summed E-state index contributed by atoms with van der Waals surface area (Å²) in [6.07, 6.45) is 2.42. The van der Waals surface area contributed by atoms with Crippen LogP contribution in [0.1, 0.15) is 23.7 Å². The Labute approximate surface area is 222 Å². The second kappa shape index (κ2) is 9.83. The molecule has 0 aliphatic carbocycles. The Kier molecular flexibility index (Phi) is 6.21. The molecule has 1 fully saturated rings. The summed E-state index contributed by atoms with van der Waals surface area (Å²) in [4.78, 5) is 34.8. The molecule has 0 radical (unpaired) electrons. The highest BCUT2D eigenvalue weighted by Crippen LogP contribution is 2.32. The maximum Gasteiger partial charge on any atom is 0.254 e. The molecule has 1 saturated heterocycles. The first-order valence-corrected chi connectivity index (χ1v) is 13.2. The molecule has 7 nitrogen and oxygen atoms in total. The van der Waals surface area contributed by atoms with E-state index in [9.17, 15) is 9.59 Å². The number of hydrogen-bond acceptors (Lipinski definition) is 6. The van der Waals surface area contributed by atoms with Crippen LogP contribution in [-0.4, -0.2) is 45.8 Å². The molecule has 2 N–H and O–H groups in total. The molecule has 0 bridgehead atoms. The lowest BCUT2D eigenvalue weighted by Gasteiger charge is -2.17. The van der Waals surface area contributed by atoms with Crippen LogP contribution in [0.3, 0.4) is 0 Å². The first kappa shape index (κ1) is 24.0. The number of halogens is 1. The van der Waals surface area contributed by atoms with E-state index < -0.39 is 5.82 Å². The number of aromatic nitrogens is 2. The number of carbonyl (C=O) groups excluding carboxylic acids is 2. The van der Waals surface area contributed by atoms with Crippen molar-refractivity contribution in [1.29, 1.82) is 0 Å². The molecule has 3 aromatic carbocycles. The molecule has 2 amide bonds. The minimum Gasteiger partial charge on any atom is -0.355 e. The van der Waals surface area contributed by atoms with Gasteiger partial charge in [0.25, 0.3) is 5.91 Å². The number of fused-ring (bicyclic) bond motifs is 2. The van der Waals surface area contributed by atoms with Gasteiger partial charge < -0.3 is 15.5 Å². The van der Waals surface area contributed by atoms with Crippen molar-refractivity contribution in [3.8, 4) is 11.1 Å². The second-order valence-electron chi connectivity index (χ2n) is 9.38. The zero-order valence-electron chi connectivity index (χ0n) is 20.6. The van der Waals surface area contributed by atoms with Gasteiger partial charge in [-0.2, -0.15) is 0 Å². The van der Waals surface area contributed by atoms with E-state index in [1.807, 2.05) is 48.0 Å². The van der Waals surface area contributed by atoms with Crippen molar-refractivity contribution in [2.24, 2.45) is 0 Å². The number of nitrogens with zero attached hydrogens (tertiary/aromatic N) is 3. The highest BCUT2D eigenvalue weighted by Gasteiger charge is 2.27. The van der Waals surface area contributed by atoms with Crippen molar-refractivity contribution in [1.82, 2.24) is 20.2 Å². The quantitative estimate of drug-likeness (QED) is 0.305. The second-order valence-corrected chi connectivity index (χ2v) is 10.3. The van der Waals surface area contributed by atoms with Crippen LogP contribution in [0.5, 0.6) is 0 Å². The summed E-state index contributed by atoms with van der Waals surface area (Å²) in [5, 5.41) is 7.14. The van der Waals surface area contributed by atoms with Crippen molar-refractivity contribution in [2.45, 2.75) is 19.4 Å². The molecule has 190 valence electrons. The lowest BCUT2D eigenvalue weighted by Crippen LogP contribution is -2.37. The maximum absolute atomic E-state index is 15.3. The van der Waals surface area contributed by atoms with Gasteiger partial charge in [-0.1, -0.05) is 12.1 Å². The van der Waals surface area contributed by atoms with Crippen LogP contribution < -0.4 is 10.6 Å². The number of anilines is 2. The molecule has 5 aromatic rings. The summed E-state index contributed by atoms with van der Waals surface area (Å²) in [6, 6.07) is 18.0. The first-order valence-electron chi connectivity index (χ1n) is 12.3. The van der Waals surface area contributed by atoms with Gasteiger partial charge in [0.1, 0.15) is 5.82 Å². The molecular weight excluding hydrogens is 501 g/mol. The summed E-state index contributed by atoms with van der Waals surface area (Å²) >= 11 is 1.59. The zero-order chi connectivity index (χ0) is 26.2. The van der Waals surface area contributed by atoms with E-state index in [0.717, 1.165) is 32.5 Å². The van der Waals surface area contributed by atoms with E-state index in [1.165, 1.54) is 13.0 Å². The fraction of sp³-hybridized carbons (Fsp3) is 0.172. The molecule has 1 aliphatic rings. The van der Waals surface area contributed by atoms with Crippen molar-refractivity contribution in [3.63, 3.8) is 0 Å². The molecular formula is C29H24FN5O2S. The molecule has 2 aromatic heterocycles. The third-order valence-electron chi connectivity index (χ3n) is 6.76. The van der Waals surface area contributed by atoms with Gasteiger partial charge in [-0.05, 0) is 60.5 Å². The normalized spacial score (nSPS) is 15.2. The number of nitrogens with one attached hydrogen (secondary N) is 2. The van der Waals surface area contributed by atoms with Crippen molar-refractivity contribution >= 4 is 55.6 Å². The highest BCUT2D eigenvalue weighted by atomic mass is 32.1. The van der Waals surface area contributed by atoms with E-state index in [-0.39, 0.29) is 23.4 Å². The fourth-order valence-corrected chi connectivity index (χ4v) is 5.59. The Morgan fingerprint density at radius 1 is 1.03 bits per heavy atom. The molecule has 0 unspecified atom stereocenters. The van der Waals surface area contributed by atoms with Crippen LogP contribution in [0.25, 0.3) is 32.2 Å².